The third kappa shape index (κ3) is 5.80. The number of halogens is 1. The van der Waals surface area contributed by atoms with Crippen LogP contribution in [0.4, 0.5) is 4.79 Å². The molecule has 2 unspecified atom stereocenters. The Balaban J connectivity index is 1.92. The molecule has 0 bridgehead atoms. The number of hydrogen-bond acceptors (Lipinski definition) is 6. The van der Waals surface area contributed by atoms with Crippen molar-refractivity contribution in [2.24, 2.45) is 0 Å². The Morgan fingerprint density at radius 2 is 2.19 bits per heavy atom. The molecule has 31 heavy (non-hydrogen) atoms. The van der Waals surface area contributed by atoms with Crippen molar-refractivity contribution in [3.05, 3.63) is 40.9 Å². The highest BCUT2D eigenvalue weighted by Crippen LogP contribution is 2.47. The molecule has 1 amide bonds. The fourth-order valence-electron chi connectivity index (χ4n) is 4.12. The number of rotatable bonds is 6. The molecule has 0 radical (unpaired) electrons. The Bertz CT molecular complexity index is 804. The molecule has 0 saturated carbocycles. The highest BCUT2D eigenvalue weighted by atomic mass is 79.9. The van der Waals surface area contributed by atoms with Gasteiger partial charge in [0, 0.05) is 36.7 Å². The molecular formula is C23H33BrN2O5. The van der Waals surface area contributed by atoms with Crippen molar-refractivity contribution < 1.29 is 23.8 Å². The first-order valence-corrected chi connectivity index (χ1v) is 11.4. The van der Waals surface area contributed by atoms with Crippen LogP contribution in [0.5, 0.6) is 5.75 Å². The lowest BCUT2D eigenvalue weighted by Crippen LogP contribution is -2.60. The highest BCUT2D eigenvalue weighted by molar-refractivity contribution is 9.10. The summed E-state index contributed by atoms with van der Waals surface area (Å²) in [7, 11) is 1.57. The maximum atomic E-state index is 12.4. The molecule has 1 aromatic rings. The Morgan fingerprint density at radius 3 is 2.84 bits per heavy atom. The van der Waals surface area contributed by atoms with Gasteiger partial charge in [0.25, 0.3) is 0 Å². The number of amides is 1. The molecule has 2 atom stereocenters. The van der Waals surface area contributed by atoms with Gasteiger partial charge in [-0.1, -0.05) is 22.0 Å². The summed E-state index contributed by atoms with van der Waals surface area (Å²) in [5.41, 5.74) is -0.700. The first-order chi connectivity index (χ1) is 14.6. The number of hydroxylamine groups is 2. The van der Waals surface area contributed by atoms with E-state index in [1.54, 1.807) is 7.05 Å². The molecule has 1 N–H and O–H groups in total. The van der Waals surface area contributed by atoms with E-state index in [1.807, 2.05) is 45.0 Å². The zero-order valence-electron chi connectivity index (χ0n) is 18.8. The van der Waals surface area contributed by atoms with E-state index in [4.69, 9.17) is 19.0 Å². The first-order valence-electron chi connectivity index (χ1n) is 10.6. The van der Waals surface area contributed by atoms with Crippen molar-refractivity contribution in [3.8, 4) is 5.75 Å². The molecule has 0 aliphatic carbocycles. The van der Waals surface area contributed by atoms with Crippen LogP contribution in [0.2, 0.25) is 0 Å². The van der Waals surface area contributed by atoms with E-state index in [0.717, 1.165) is 40.3 Å². The molecule has 1 fully saturated rings. The van der Waals surface area contributed by atoms with Gasteiger partial charge in [0.1, 0.15) is 17.0 Å². The average molecular weight is 497 g/mol. The lowest BCUT2D eigenvalue weighted by Gasteiger charge is -2.50. The predicted octanol–water partition coefficient (Wildman–Crippen LogP) is 4.55. The molecule has 2 aliphatic heterocycles. The molecule has 8 heteroatoms. The fourth-order valence-corrected chi connectivity index (χ4v) is 4.48. The van der Waals surface area contributed by atoms with E-state index in [9.17, 15) is 4.79 Å². The van der Waals surface area contributed by atoms with Crippen LogP contribution < -0.4 is 10.1 Å². The van der Waals surface area contributed by atoms with Crippen LogP contribution >= 0.6 is 15.9 Å². The normalized spacial score (nSPS) is 25.5. The van der Waals surface area contributed by atoms with Gasteiger partial charge in [-0.25, -0.2) is 4.79 Å². The number of ether oxygens (including phenoxy) is 3. The van der Waals surface area contributed by atoms with Crippen molar-refractivity contribution in [1.82, 2.24) is 10.4 Å². The summed E-state index contributed by atoms with van der Waals surface area (Å²) < 4.78 is 18.7. The highest BCUT2D eigenvalue weighted by Gasteiger charge is 2.51. The Labute approximate surface area is 193 Å². The molecule has 2 heterocycles. The summed E-state index contributed by atoms with van der Waals surface area (Å²) in [4.78, 5) is 18.4. The molecule has 1 aromatic carbocycles. The Kier molecular flexibility index (Phi) is 7.35. The van der Waals surface area contributed by atoms with Crippen molar-refractivity contribution in [3.63, 3.8) is 0 Å². The summed E-state index contributed by atoms with van der Waals surface area (Å²) >= 11 is 3.58. The first kappa shape index (κ1) is 24.0. The SMILES string of the molecule is C=CCNC1(CON(C)C(=O)OC(C)(C)C)CC2(CCCOC2)Oc2ccc(Br)cc21. The molecule has 1 spiro atoms. The predicted molar refractivity (Wildman–Crippen MR) is 122 cm³/mol. The van der Waals surface area contributed by atoms with E-state index in [2.05, 4.69) is 27.8 Å². The van der Waals surface area contributed by atoms with E-state index in [0.29, 0.717) is 19.6 Å². The van der Waals surface area contributed by atoms with Crippen molar-refractivity contribution >= 4 is 22.0 Å². The summed E-state index contributed by atoms with van der Waals surface area (Å²) in [5, 5.41) is 4.76. The summed E-state index contributed by atoms with van der Waals surface area (Å²) in [6.45, 7) is 11.4. The minimum absolute atomic E-state index is 0.213. The van der Waals surface area contributed by atoms with E-state index in [1.165, 1.54) is 0 Å². The number of carbonyl (C=O) groups is 1. The van der Waals surface area contributed by atoms with Crippen LogP contribution in [-0.2, 0) is 19.9 Å². The van der Waals surface area contributed by atoms with Crippen LogP contribution in [-0.4, -0.2) is 55.8 Å². The van der Waals surface area contributed by atoms with Gasteiger partial charge in [0.15, 0.2) is 0 Å². The third-order valence-corrected chi connectivity index (χ3v) is 5.93. The third-order valence-electron chi connectivity index (χ3n) is 5.43. The molecule has 0 aromatic heterocycles. The van der Waals surface area contributed by atoms with Gasteiger partial charge in [-0.3, -0.25) is 4.84 Å². The molecule has 172 valence electrons. The fraction of sp³-hybridized carbons (Fsp3) is 0.609. The van der Waals surface area contributed by atoms with Gasteiger partial charge in [-0.2, -0.15) is 5.06 Å². The Morgan fingerprint density at radius 1 is 1.42 bits per heavy atom. The molecule has 7 nitrogen and oxygen atoms in total. The zero-order valence-corrected chi connectivity index (χ0v) is 20.4. The van der Waals surface area contributed by atoms with Crippen LogP contribution in [0, 0.1) is 0 Å². The number of benzene rings is 1. The summed E-state index contributed by atoms with van der Waals surface area (Å²) in [6, 6.07) is 5.98. The van der Waals surface area contributed by atoms with Crippen LogP contribution in [0.15, 0.2) is 35.3 Å². The maximum absolute atomic E-state index is 12.4. The van der Waals surface area contributed by atoms with Gasteiger partial charge >= 0.3 is 6.09 Å². The number of nitrogens with zero attached hydrogens (tertiary/aromatic N) is 1. The van der Waals surface area contributed by atoms with Gasteiger partial charge in [0.2, 0.25) is 0 Å². The molecule has 1 saturated heterocycles. The maximum Gasteiger partial charge on any atom is 0.434 e. The second kappa shape index (κ2) is 9.48. The van der Waals surface area contributed by atoms with Gasteiger partial charge < -0.3 is 19.5 Å². The number of carbonyl (C=O) groups excluding carboxylic acids is 1. The lowest BCUT2D eigenvalue weighted by molar-refractivity contribution is -0.166. The van der Waals surface area contributed by atoms with Crippen LogP contribution in [0.3, 0.4) is 0 Å². The lowest BCUT2D eigenvalue weighted by atomic mass is 9.74. The van der Waals surface area contributed by atoms with Crippen molar-refractivity contribution in [1.29, 1.82) is 0 Å². The second-order valence-electron chi connectivity index (χ2n) is 9.26. The van der Waals surface area contributed by atoms with E-state index >= 15 is 0 Å². The second-order valence-corrected chi connectivity index (χ2v) is 10.2. The van der Waals surface area contributed by atoms with Gasteiger partial charge in [-0.15, -0.1) is 6.58 Å². The van der Waals surface area contributed by atoms with Crippen molar-refractivity contribution in [2.75, 3.05) is 33.4 Å². The smallest absolute Gasteiger partial charge is 0.434 e. The average Bonchev–Trinajstić information content (AvgIpc) is 2.70. The number of hydrogen-bond donors (Lipinski definition) is 1. The quantitative estimate of drug-likeness (QED) is 0.460. The van der Waals surface area contributed by atoms with Crippen LogP contribution in [0.1, 0.15) is 45.6 Å². The Hall–Kier alpha value is -1.61. The molecule has 3 rings (SSSR count). The molecule has 2 aliphatic rings. The largest absolute Gasteiger partial charge is 0.484 e. The topological polar surface area (TPSA) is 69.3 Å². The number of nitrogens with one attached hydrogen (secondary N) is 1. The monoisotopic (exact) mass is 496 g/mol. The van der Waals surface area contributed by atoms with Crippen LogP contribution in [0.25, 0.3) is 0 Å². The van der Waals surface area contributed by atoms with E-state index < -0.39 is 22.8 Å². The van der Waals surface area contributed by atoms with E-state index in [-0.39, 0.29) is 6.61 Å². The molecular weight excluding hydrogens is 464 g/mol. The number of fused-ring (bicyclic) bond motifs is 1. The minimum atomic E-state index is -0.609. The summed E-state index contributed by atoms with van der Waals surface area (Å²) in [6.07, 6.45) is 3.74. The standard InChI is InChI=1S/C23H33BrN2O5/c1-6-11-25-23(16-29-26(5)20(27)31-21(2,3)4)14-22(10-7-12-28-15-22)30-19-9-8-17(24)13-18(19)23/h6,8-9,13,25H,1,7,10-12,14-16H2,2-5H3. The minimum Gasteiger partial charge on any atom is -0.484 e. The van der Waals surface area contributed by atoms with Gasteiger partial charge in [0.05, 0.1) is 18.8 Å². The van der Waals surface area contributed by atoms with Gasteiger partial charge in [-0.05, 0) is 51.8 Å². The zero-order chi connectivity index (χ0) is 22.7. The summed E-state index contributed by atoms with van der Waals surface area (Å²) in [5.74, 6) is 0.792. The van der Waals surface area contributed by atoms with Crippen molar-refractivity contribution in [2.45, 2.75) is 56.8 Å².